The van der Waals surface area contributed by atoms with Gasteiger partial charge in [-0.2, -0.15) is 0 Å². The Hall–Kier alpha value is -3.46. The number of carbonyl (C=O) groups is 1. The van der Waals surface area contributed by atoms with Crippen LogP contribution in [0, 0.1) is 18.6 Å². The van der Waals surface area contributed by atoms with E-state index in [1.165, 1.54) is 41.3 Å². The lowest BCUT2D eigenvalue weighted by atomic mass is 10.2. The summed E-state index contributed by atoms with van der Waals surface area (Å²) in [6, 6.07) is 18.1. The van der Waals surface area contributed by atoms with Crippen molar-refractivity contribution in [2.75, 3.05) is 41.9 Å². The van der Waals surface area contributed by atoms with E-state index in [-0.39, 0.29) is 16.4 Å². The minimum atomic E-state index is -4.20. The lowest BCUT2D eigenvalue weighted by molar-refractivity contribution is -0.129. The fraction of sp³-hybridized carbons (Fsp3) is 0.240. The normalized spacial score (nSPS) is 14.2. The van der Waals surface area contributed by atoms with Crippen LogP contribution in [-0.4, -0.2) is 51.9 Å². The molecule has 34 heavy (non-hydrogen) atoms. The first-order chi connectivity index (χ1) is 16.3. The number of benzene rings is 3. The van der Waals surface area contributed by atoms with E-state index in [1.54, 1.807) is 30.3 Å². The topological polar surface area (TPSA) is 60.9 Å². The molecule has 1 aliphatic rings. The van der Waals surface area contributed by atoms with Gasteiger partial charge in [0.2, 0.25) is 5.91 Å². The second kappa shape index (κ2) is 9.80. The van der Waals surface area contributed by atoms with Crippen molar-refractivity contribution >= 4 is 27.3 Å². The number of rotatable bonds is 6. The summed E-state index contributed by atoms with van der Waals surface area (Å²) in [6.45, 7) is 2.67. The highest BCUT2D eigenvalue weighted by Gasteiger charge is 2.32. The molecule has 4 rings (SSSR count). The number of piperazine rings is 1. The molecule has 1 saturated heterocycles. The van der Waals surface area contributed by atoms with E-state index < -0.39 is 28.3 Å². The molecule has 0 unspecified atom stereocenters. The summed E-state index contributed by atoms with van der Waals surface area (Å²) in [5.41, 5.74) is 1.14. The van der Waals surface area contributed by atoms with E-state index >= 15 is 0 Å². The minimum Gasteiger partial charge on any atom is -0.366 e. The van der Waals surface area contributed by atoms with Crippen LogP contribution in [0.15, 0.2) is 77.7 Å². The monoisotopic (exact) mass is 485 g/mol. The number of amides is 1. The minimum absolute atomic E-state index is 0.0291. The number of sulfonamides is 1. The molecule has 3 aromatic carbocycles. The summed E-state index contributed by atoms with van der Waals surface area (Å²) in [4.78, 5) is 16.5. The van der Waals surface area contributed by atoms with Crippen LogP contribution in [0.1, 0.15) is 5.56 Å². The number of hydrogen-bond donors (Lipinski definition) is 0. The number of nitrogens with zero attached hydrogens (tertiary/aromatic N) is 3. The first kappa shape index (κ1) is 23.7. The molecule has 0 spiro atoms. The molecule has 3 aromatic rings. The third-order valence-corrected chi connectivity index (χ3v) is 7.61. The van der Waals surface area contributed by atoms with Gasteiger partial charge < -0.3 is 9.80 Å². The third-order valence-electron chi connectivity index (χ3n) is 5.83. The van der Waals surface area contributed by atoms with Gasteiger partial charge in [-0.1, -0.05) is 42.0 Å². The van der Waals surface area contributed by atoms with Crippen LogP contribution in [-0.2, 0) is 14.8 Å². The van der Waals surface area contributed by atoms with Gasteiger partial charge >= 0.3 is 0 Å². The molecular formula is C25H25F2N3O3S. The van der Waals surface area contributed by atoms with E-state index in [0.717, 1.165) is 15.9 Å². The first-order valence-electron chi connectivity index (χ1n) is 10.9. The van der Waals surface area contributed by atoms with Gasteiger partial charge in [0.05, 0.1) is 16.3 Å². The maximum Gasteiger partial charge on any atom is 0.264 e. The molecule has 1 fully saturated rings. The number of aryl methyl sites for hydroxylation is 1. The number of anilines is 2. The molecule has 1 heterocycles. The van der Waals surface area contributed by atoms with E-state index in [2.05, 4.69) is 0 Å². The molecule has 1 amide bonds. The highest BCUT2D eigenvalue weighted by Crippen LogP contribution is 2.27. The number of para-hydroxylation sites is 2. The molecule has 0 N–H and O–H groups in total. The quantitative estimate of drug-likeness (QED) is 0.533. The summed E-state index contributed by atoms with van der Waals surface area (Å²) in [7, 11) is -4.20. The Kier molecular flexibility index (Phi) is 6.83. The zero-order valence-corrected chi connectivity index (χ0v) is 19.5. The van der Waals surface area contributed by atoms with Gasteiger partial charge in [-0.05, 0) is 43.3 Å². The van der Waals surface area contributed by atoms with Crippen molar-refractivity contribution in [3.63, 3.8) is 0 Å². The fourth-order valence-electron chi connectivity index (χ4n) is 3.92. The predicted octanol–water partition coefficient (Wildman–Crippen LogP) is 3.82. The molecular weight excluding hydrogens is 460 g/mol. The van der Waals surface area contributed by atoms with Crippen LogP contribution in [0.2, 0.25) is 0 Å². The maximum atomic E-state index is 14.6. The van der Waals surface area contributed by atoms with Gasteiger partial charge in [0.15, 0.2) is 0 Å². The number of carbonyl (C=O) groups excluding carboxylic acids is 1. The van der Waals surface area contributed by atoms with Gasteiger partial charge in [-0.3, -0.25) is 9.10 Å². The molecule has 9 heteroatoms. The van der Waals surface area contributed by atoms with Crippen LogP contribution in [0.4, 0.5) is 20.2 Å². The average Bonchev–Trinajstić information content (AvgIpc) is 2.83. The van der Waals surface area contributed by atoms with Gasteiger partial charge in [0.25, 0.3) is 10.0 Å². The Morgan fingerprint density at radius 1 is 0.853 bits per heavy atom. The molecule has 0 atom stereocenters. The number of hydrogen-bond acceptors (Lipinski definition) is 4. The van der Waals surface area contributed by atoms with E-state index in [9.17, 15) is 22.0 Å². The van der Waals surface area contributed by atoms with Gasteiger partial charge in [0, 0.05) is 26.2 Å². The standard InChI is InChI=1S/C25H25F2N3O3S/c1-19-10-12-20(13-11-19)34(32,33)30(24-9-5-3-7-22(24)27)18-25(31)29-16-14-28(15-17-29)23-8-4-2-6-21(23)26/h2-13H,14-18H2,1H3. The molecule has 0 aliphatic carbocycles. The molecule has 1 aliphatic heterocycles. The molecule has 0 bridgehead atoms. The van der Waals surface area contributed by atoms with Crippen LogP contribution in [0.25, 0.3) is 0 Å². The van der Waals surface area contributed by atoms with Gasteiger partial charge in [0.1, 0.15) is 18.2 Å². The Labute approximate surface area is 198 Å². The zero-order chi connectivity index (χ0) is 24.3. The van der Waals surface area contributed by atoms with Crippen molar-refractivity contribution in [2.45, 2.75) is 11.8 Å². The van der Waals surface area contributed by atoms with E-state index in [4.69, 9.17) is 0 Å². The number of halogens is 2. The largest absolute Gasteiger partial charge is 0.366 e. The smallest absolute Gasteiger partial charge is 0.264 e. The molecule has 0 aromatic heterocycles. The Morgan fingerprint density at radius 3 is 2.06 bits per heavy atom. The van der Waals surface area contributed by atoms with Crippen LogP contribution in [0.3, 0.4) is 0 Å². The van der Waals surface area contributed by atoms with Crippen molar-refractivity contribution in [3.8, 4) is 0 Å². The highest BCUT2D eigenvalue weighted by atomic mass is 32.2. The summed E-state index contributed by atoms with van der Waals surface area (Å²) in [6.07, 6.45) is 0. The fourth-order valence-corrected chi connectivity index (χ4v) is 5.34. The Morgan fingerprint density at radius 2 is 1.44 bits per heavy atom. The van der Waals surface area contributed by atoms with Crippen molar-refractivity contribution in [3.05, 3.63) is 90.0 Å². The average molecular weight is 486 g/mol. The molecule has 0 radical (unpaired) electrons. The van der Waals surface area contributed by atoms with Crippen LogP contribution < -0.4 is 9.21 Å². The Bertz CT molecular complexity index is 1270. The highest BCUT2D eigenvalue weighted by molar-refractivity contribution is 7.92. The zero-order valence-electron chi connectivity index (χ0n) is 18.7. The second-order valence-electron chi connectivity index (χ2n) is 8.10. The summed E-state index contributed by atoms with van der Waals surface area (Å²) >= 11 is 0. The van der Waals surface area contributed by atoms with E-state index in [0.29, 0.717) is 31.9 Å². The van der Waals surface area contributed by atoms with Crippen molar-refractivity contribution in [1.29, 1.82) is 0 Å². The SMILES string of the molecule is Cc1ccc(S(=O)(=O)N(CC(=O)N2CCN(c3ccccc3F)CC2)c2ccccc2F)cc1. The summed E-state index contributed by atoms with van der Waals surface area (Å²) in [5.74, 6) is -1.53. The molecule has 6 nitrogen and oxygen atoms in total. The second-order valence-corrected chi connectivity index (χ2v) is 9.96. The van der Waals surface area contributed by atoms with Crippen LogP contribution >= 0.6 is 0 Å². The maximum absolute atomic E-state index is 14.6. The van der Waals surface area contributed by atoms with Gasteiger partial charge in [-0.15, -0.1) is 0 Å². The Balaban J connectivity index is 1.55. The lowest BCUT2D eigenvalue weighted by Gasteiger charge is -2.37. The van der Waals surface area contributed by atoms with Crippen LogP contribution in [0.5, 0.6) is 0 Å². The predicted molar refractivity (Wildman–Crippen MR) is 127 cm³/mol. The van der Waals surface area contributed by atoms with Gasteiger partial charge in [-0.25, -0.2) is 17.2 Å². The molecule has 178 valence electrons. The third kappa shape index (κ3) is 4.89. The summed E-state index contributed by atoms with van der Waals surface area (Å²) < 4.78 is 56.4. The lowest BCUT2D eigenvalue weighted by Crippen LogP contribution is -2.52. The van der Waals surface area contributed by atoms with Crippen molar-refractivity contribution in [1.82, 2.24) is 4.90 Å². The van der Waals surface area contributed by atoms with Crippen molar-refractivity contribution < 1.29 is 22.0 Å². The molecule has 0 saturated carbocycles. The van der Waals surface area contributed by atoms with Crippen molar-refractivity contribution in [2.24, 2.45) is 0 Å². The first-order valence-corrected chi connectivity index (χ1v) is 12.3. The summed E-state index contributed by atoms with van der Waals surface area (Å²) in [5, 5.41) is 0. The van der Waals surface area contributed by atoms with E-state index in [1.807, 2.05) is 11.8 Å².